The van der Waals surface area contributed by atoms with Gasteiger partial charge in [0.15, 0.2) is 0 Å². The zero-order valence-corrected chi connectivity index (χ0v) is 9.27. The highest BCUT2D eigenvalue weighted by molar-refractivity contribution is 5.31. The molecule has 0 radical (unpaired) electrons. The summed E-state index contributed by atoms with van der Waals surface area (Å²) in [7, 11) is 0. The highest BCUT2D eigenvalue weighted by Crippen LogP contribution is 2.15. The number of aliphatic hydroxyl groups excluding tert-OH is 1. The topological polar surface area (TPSA) is 52.5 Å². The summed E-state index contributed by atoms with van der Waals surface area (Å²) in [5, 5.41) is 21.8. The summed E-state index contributed by atoms with van der Waals surface area (Å²) < 4.78 is 0. The first-order chi connectivity index (χ1) is 7.15. The lowest BCUT2D eigenvalue weighted by atomic mass is 10.0. The Kier molecular flexibility index (Phi) is 4.59. The zero-order valence-electron chi connectivity index (χ0n) is 9.27. The molecule has 1 rings (SSSR count). The fraction of sp³-hybridized carbons (Fsp3) is 0.500. The molecule has 3 N–H and O–H groups in total. The molecule has 0 fully saturated rings. The summed E-state index contributed by atoms with van der Waals surface area (Å²) in [6, 6.07) is 7.50. The van der Waals surface area contributed by atoms with Crippen LogP contribution in [-0.4, -0.2) is 22.9 Å². The van der Waals surface area contributed by atoms with Crippen molar-refractivity contribution in [2.75, 3.05) is 6.61 Å². The molecule has 84 valence electrons. The van der Waals surface area contributed by atoms with E-state index in [1.807, 2.05) is 26.0 Å². The lowest BCUT2D eigenvalue weighted by Gasteiger charge is -2.19. The molecule has 0 heterocycles. The Balaban J connectivity index is 2.47. The van der Waals surface area contributed by atoms with E-state index in [2.05, 4.69) is 5.32 Å². The van der Waals surface area contributed by atoms with Gasteiger partial charge in [-0.3, -0.25) is 0 Å². The molecule has 15 heavy (non-hydrogen) atoms. The Morgan fingerprint density at radius 3 is 2.53 bits per heavy atom. The van der Waals surface area contributed by atoms with Crippen LogP contribution < -0.4 is 5.32 Å². The Morgan fingerprint density at radius 1 is 1.27 bits per heavy atom. The predicted octanol–water partition coefficient (Wildman–Crippen LogP) is 1.50. The number of para-hydroxylation sites is 1. The summed E-state index contributed by atoms with van der Waals surface area (Å²) in [5.41, 5.74) is 0.884. The molecule has 3 nitrogen and oxygen atoms in total. The predicted molar refractivity (Wildman–Crippen MR) is 60.7 cm³/mol. The van der Waals surface area contributed by atoms with Gasteiger partial charge in [-0.15, -0.1) is 0 Å². The number of hydrogen-bond acceptors (Lipinski definition) is 3. The molecular formula is C12H19NO2. The van der Waals surface area contributed by atoms with E-state index < -0.39 is 0 Å². The molecule has 0 aliphatic rings. The van der Waals surface area contributed by atoms with Gasteiger partial charge in [-0.05, 0) is 18.9 Å². The molecule has 0 aliphatic heterocycles. The van der Waals surface area contributed by atoms with E-state index in [1.54, 1.807) is 12.1 Å². The Bertz CT molecular complexity index is 301. The van der Waals surface area contributed by atoms with E-state index >= 15 is 0 Å². The van der Waals surface area contributed by atoms with Crippen molar-refractivity contribution in [2.24, 2.45) is 5.92 Å². The van der Waals surface area contributed by atoms with Crippen LogP contribution >= 0.6 is 0 Å². The van der Waals surface area contributed by atoms with Crippen molar-refractivity contribution in [1.29, 1.82) is 0 Å². The van der Waals surface area contributed by atoms with Gasteiger partial charge in [0.05, 0.1) is 0 Å². The summed E-state index contributed by atoms with van der Waals surface area (Å²) in [6.45, 7) is 4.82. The smallest absolute Gasteiger partial charge is 0.120 e. The van der Waals surface area contributed by atoms with Crippen LogP contribution in [-0.2, 0) is 6.54 Å². The number of nitrogens with one attached hydrogen (secondary N) is 1. The molecule has 0 spiro atoms. The second kappa shape index (κ2) is 5.73. The Labute approximate surface area is 90.8 Å². The molecule has 3 heteroatoms. The number of phenols is 1. The highest BCUT2D eigenvalue weighted by atomic mass is 16.3. The molecule has 0 bridgehead atoms. The Morgan fingerprint density at radius 2 is 1.93 bits per heavy atom. The first-order valence-corrected chi connectivity index (χ1v) is 5.26. The molecule has 2 atom stereocenters. The lowest BCUT2D eigenvalue weighted by molar-refractivity contribution is 0.207. The van der Waals surface area contributed by atoms with E-state index in [0.29, 0.717) is 12.3 Å². The van der Waals surface area contributed by atoms with E-state index in [1.165, 1.54) is 0 Å². The van der Waals surface area contributed by atoms with Gasteiger partial charge in [-0.1, -0.05) is 25.1 Å². The maximum absolute atomic E-state index is 9.53. The fourth-order valence-electron chi connectivity index (χ4n) is 1.29. The first kappa shape index (κ1) is 12.0. The fourth-order valence-corrected chi connectivity index (χ4v) is 1.29. The number of benzene rings is 1. The standard InChI is InChI=1S/C12H19NO2/c1-9(8-14)10(2)13-7-11-5-3-4-6-12(11)15/h3-6,9-10,13-15H,7-8H2,1-2H3. The maximum atomic E-state index is 9.53. The van der Waals surface area contributed by atoms with E-state index in [0.717, 1.165) is 5.56 Å². The number of phenolic OH excluding ortho intramolecular Hbond substituents is 1. The molecule has 0 aromatic heterocycles. The minimum absolute atomic E-state index is 0.176. The van der Waals surface area contributed by atoms with Crippen molar-refractivity contribution in [3.8, 4) is 5.75 Å². The second-order valence-electron chi connectivity index (χ2n) is 3.96. The number of aromatic hydroxyl groups is 1. The summed E-state index contributed by atoms with van der Waals surface area (Å²) >= 11 is 0. The molecule has 1 aromatic carbocycles. The van der Waals surface area contributed by atoms with Gasteiger partial charge in [0.25, 0.3) is 0 Å². The van der Waals surface area contributed by atoms with Crippen molar-refractivity contribution in [1.82, 2.24) is 5.32 Å². The summed E-state index contributed by atoms with van der Waals surface area (Å²) in [4.78, 5) is 0. The van der Waals surface area contributed by atoms with Crippen molar-refractivity contribution in [3.05, 3.63) is 29.8 Å². The third-order valence-corrected chi connectivity index (χ3v) is 2.75. The molecule has 0 aliphatic carbocycles. The number of aliphatic hydroxyl groups is 1. The van der Waals surface area contributed by atoms with Gasteiger partial charge in [-0.2, -0.15) is 0 Å². The van der Waals surface area contributed by atoms with Crippen LogP contribution in [0.5, 0.6) is 5.75 Å². The average molecular weight is 209 g/mol. The quantitative estimate of drug-likeness (QED) is 0.689. The van der Waals surface area contributed by atoms with E-state index in [9.17, 15) is 5.11 Å². The van der Waals surface area contributed by atoms with Crippen LogP contribution in [0.3, 0.4) is 0 Å². The van der Waals surface area contributed by atoms with E-state index in [4.69, 9.17) is 5.11 Å². The normalized spacial score (nSPS) is 14.9. The van der Waals surface area contributed by atoms with Crippen LogP contribution in [0.25, 0.3) is 0 Å². The second-order valence-corrected chi connectivity index (χ2v) is 3.96. The van der Waals surface area contributed by atoms with Crippen molar-refractivity contribution >= 4 is 0 Å². The summed E-state index contributed by atoms with van der Waals surface area (Å²) in [5.74, 6) is 0.532. The van der Waals surface area contributed by atoms with Crippen LogP contribution in [0.1, 0.15) is 19.4 Å². The number of rotatable bonds is 5. The third-order valence-electron chi connectivity index (χ3n) is 2.75. The van der Waals surface area contributed by atoms with Crippen LogP contribution in [0.4, 0.5) is 0 Å². The average Bonchev–Trinajstić information content (AvgIpc) is 2.26. The third kappa shape index (κ3) is 3.53. The Hall–Kier alpha value is -1.06. The van der Waals surface area contributed by atoms with Crippen molar-refractivity contribution < 1.29 is 10.2 Å². The molecule has 1 aromatic rings. The summed E-state index contributed by atoms with van der Waals surface area (Å²) in [6.07, 6.45) is 0. The van der Waals surface area contributed by atoms with Gasteiger partial charge in [0.2, 0.25) is 0 Å². The minimum Gasteiger partial charge on any atom is -0.508 e. The van der Waals surface area contributed by atoms with Crippen LogP contribution in [0.2, 0.25) is 0 Å². The zero-order chi connectivity index (χ0) is 11.3. The van der Waals surface area contributed by atoms with Gasteiger partial charge < -0.3 is 15.5 Å². The molecule has 0 saturated carbocycles. The number of hydrogen-bond donors (Lipinski definition) is 3. The van der Waals surface area contributed by atoms with Crippen molar-refractivity contribution in [3.63, 3.8) is 0 Å². The SMILES string of the molecule is CC(CO)C(C)NCc1ccccc1O. The minimum atomic E-state index is 0.176. The van der Waals surface area contributed by atoms with Gasteiger partial charge >= 0.3 is 0 Å². The largest absolute Gasteiger partial charge is 0.508 e. The monoisotopic (exact) mass is 209 g/mol. The molecule has 2 unspecified atom stereocenters. The lowest BCUT2D eigenvalue weighted by Crippen LogP contribution is -2.33. The molecule has 0 amide bonds. The van der Waals surface area contributed by atoms with Crippen LogP contribution in [0, 0.1) is 5.92 Å². The highest BCUT2D eigenvalue weighted by Gasteiger charge is 2.10. The van der Waals surface area contributed by atoms with Gasteiger partial charge in [0, 0.05) is 24.8 Å². The van der Waals surface area contributed by atoms with Gasteiger partial charge in [0.1, 0.15) is 5.75 Å². The first-order valence-electron chi connectivity index (χ1n) is 5.26. The van der Waals surface area contributed by atoms with Crippen molar-refractivity contribution in [2.45, 2.75) is 26.4 Å². The van der Waals surface area contributed by atoms with Crippen LogP contribution in [0.15, 0.2) is 24.3 Å². The van der Waals surface area contributed by atoms with Gasteiger partial charge in [-0.25, -0.2) is 0 Å². The van der Waals surface area contributed by atoms with E-state index in [-0.39, 0.29) is 18.6 Å². The maximum Gasteiger partial charge on any atom is 0.120 e. The molecule has 0 saturated heterocycles. The molecular weight excluding hydrogens is 190 g/mol.